The van der Waals surface area contributed by atoms with Gasteiger partial charge in [-0.3, -0.25) is 4.90 Å². The molecule has 0 aliphatic carbocycles. The molecule has 0 N–H and O–H groups in total. The second kappa shape index (κ2) is 12.4. The van der Waals surface area contributed by atoms with Gasteiger partial charge >= 0.3 is 0 Å². The Hall–Kier alpha value is -0.0500. The normalized spacial score (nSPS) is 18.1. The zero-order valence-electron chi connectivity index (χ0n) is 11.8. The summed E-state index contributed by atoms with van der Waals surface area (Å²) in [6.45, 7) is 10.3. The smallest absolute Gasteiger partial charge is 0.0223 e. The van der Waals surface area contributed by atoms with Crippen LogP contribution < -0.4 is 0 Å². The Morgan fingerprint density at radius 2 is 1.76 bits per heavy atom. The minimum atomic E-state index is 0.827. The maximum atomic E-state index is 5.38. The number of hydrogen-bond donors (Lipinski definition) is 0. The first kappa shape index (κ1) is 16.9. The van der Waals surface area contributed by atoms with Gasteiger partial charge in [0.1, 0.15) is 0 Å². The molecule has 17 heavy (non-hydrogen) atoms. The lowest BCUT2D eigenvalue weighted by Gasteiger charge is -2.31. The fraction of sp³-hybridized carbons (Fsp3) is 0.857. The number of hydrogen-bond acceptors (Lipinski definition) is 2. The van der Waals surface area contributed by atoms with Crippen molar-refractivity contribution in [2.45, 2.75) is 33.1 Å². The van der Waals surface area contributed by atoms with Crippen LogP contribution in [0, 0.1) is 0 Å². The lowest BCUT2D eigenvalue weighted by atomic mass is 10.3. The van der Waals surface area contributed by atoms with E-state index in [0.717, 1.165) is 12.4 Å². The number of rotatable bonds is 5. The Morgan fingerprint density at radius 3 is 2.18 bits per heavy atom. The Labute approximate surface area is 113 Å². The molecule has 1 heterocycles. The summed E-state index contributed by atoms with van der Waals surface area (Å²) >= 11 is 5.38. The van der Waals surface area contributed by atoms with Crippen molar-refractivity contribution in [3.05, 3.63) is 12.2 Å². The maximum Gasteiger partial charge on any atom is 0.0223 e. The number of allylic oxidation sites excluding steroid dienone is 1. The molecule has 0 bridgehead atoms. The summed E-state index contributed by atoms with van der Waals surface area (Å²) in [5.74, 6) is 0.827. The summed E-state index contributed by atoms with van der Waals surface area (Å²) in [4.78, 5) is 4.87. The molecule has 0 amide bonds. The van der Waals surface area contributed by atoms with Gasteiger partial charge in [-0.1, -0.05) is 31.9 Å². The zero-order chi connectivity index (χ0) is 12.9. The highest BCUT2D eigenvalue weighted by Crippen LogP contribution is 1.98. The van der Waals surface area contributed by atoms with E-state index >= 15 is 0 Å². The fourth-order valence-electron chi connectivity index (χ4n) is 1.63. The van der Waals surface area contributed by atoms with E-state index in [1.54, 1.807) is 0 Å². The van der Waals surface area contributed by atoms with Gasteiger partial charge in [0.05, 0.1) is 0 Å². The van der Waals surface area contributed by atoms with E-state index in [2.05, 4.69) is 42.8 Å². The van der Waals surface area contributed by atoms with Crippen LogP contribution in [0.5, 0.6) is 0 Å². The lowest BCUT2D eigenvalue weighted by Crippen LogP contribution is -2.44. The summed E-state index contributed by atoms with van der Waals surface area (Å²) in [5, 5.41) is 0. The van der Waals surface area contributed by atoms with E-state index in [1.165, 1.54) is 45.4 Å². The van der Waals surface area contributed by atoms with Crippen LogP contribution >= 0.6 is 11.6 Å². The molecular formula is C14H29ClN2. The molecular weight excluding hydrogens is 232 g/mol. The first-order valence-electron chi connectivity index (χ1n) is 6.82. The van der Waals surface area contributed by atoms with Crippen molar-refractivity contribution in [1.29, 1.82) is 0 Å². The Kier molecular flexibility index (Phi) is 12.4. The third-order valence-corrected chi connectivity index (χ3v) is 3.20. The van der Waals surface area contributed by atoms with E-state index in [4.69, 9.17) is 11.6 Å². The molecule has 1 fully saturated rings. The zero-order valence-corrected chi connectivity index (χ0v) is 12.5. The van der Waals surface area contributed by atoms with E-state index < -0.39 is 0 Å². The van der Waals surface area contributed by atoms with Crippen LogP contribution in [0.2, 0.25) is 0 Å². The highest BCUT2D eigenvalue weighted by molar-refractivity contribution is 6.17. The van der Waals surface area contributed by atoms with Crippen molar-refractivity contribution < 1.29 is 0 Å². The maximum absolute atomic E-state index is 5.38. The van der Waals surface area contributed by atoms with Crippen molar-refractivity contribution in [3.63, 3.8) is 0 Å². The predicted octanol–water partition coefficient (Wildman–Crippen LogP) is 3.23. The van der Waals surface area contributed by atoms with Gasteiger partial charge in [-0.15, -0.1) is 11.6 Å². The molecule has 0 aromatic carbocycles. The first-order chi connectivity index (χ1) is 8.24. The van der Waals surface area contributed by atoms with Crippen LogP contribution in [0.3, 0.4) is 0 Å². The van der Waals surface area contributed by atoms with Gasteiger partial charge in [0.15, 0.2) is 0 Å². The van der Waals surface area contributed by atoms with Gasteiger partial charge in [0.2, 0.25) is 0 Å². The summed E-state index contributed by atoms with van der Waals surface area (Å²) in [6, 6.07) is 0. The third kappa shape index (κ3) is 10.8. The average molecular weight is 261 g/mol. The summed E-state index contributed by atoms with van der Waals surface area (Å²) < 4.78 is 0. The molecule has 0 atom stereocenters. The van der Waals surface area contributed by atoms with Crippen LogP contribution in [-0.4, -0.2) is 55.5 Å². The number of halogens is 1. The van der Waals surface area contributed by atoms with Crippen molar-refractivity contribution in [2.75, 3.05) is 45.7 Å². The SMILES string of the molecule is C/C=C/CN1CCN(C)CC1.CCCCCCl. The highest BCUT2D eigenvalue weighted by Gasteiger charge is 2.11. The quantitative estimate of drug-likeness (QED) is 0.426. The molecule has 0 spiro atoms. The molecule has 0 unspecified atom stereocenters. The van der Waals surface area contributed by atoms with Crippen molar-refractivity contribution in [3.8, 4) is 0 Å². The average Bonchev–Trinajstić information content (AvgIpc) is 2.36. The summed E-state index contributed by atoms with van der Waals surface area (Å²) in [7, 11) is 2.19. The Morgan fingerprint density at radius 1 is 1.12 bits per heavy atom. The first-order valence-corrected chi connectivity index (χ1v) is 7.36. The number of piperazine rings is 1. The molecule has 0 radical (unpaired) electrons. The van der Waals surface area contributed by atoms with Crippen LogP contribution in [0.4, 0.5) is 0 Å². The summed E-state index contributed by atoms with van der Waals surface area (Å²) in [5.41, 5.74) is 0. The van der Waals surface area contributed by atoms with E-state index in [9.17, 15) is 0 Å². The van der Waals surface area contributed by atoms with Crippen LogP contribution in [0.1, 0.15) is 33.1 Å². The number of unbranched alkanes of at least 4 members (excludes halogenated alkanes) is 2. The number of nitrogens with zero attached hydrogens (tertiary/aromatic N) is 2. The van der Waals surface area contributed by atoms with Gasteiger partial charge in [-0.2, -0.15) is 0 Å². The highest BCUT2D eigenvalue weighted by atomic mass is 35.5. The largest absolute Gasteiger partial charge is 0.304 e. The van der Waals surface area contributed by atoms with Crippen LogP contribution in [0.15, 0.2) is 12.2 Å². The second-order valence-corrected chi connectivity index (χ2v) is 4.95. The van der Waals surface area contributed by atoms with E-state index in [0.29, 0.717) is 0 Å². The molecule has 1 rings (SSSR count). The predicted molar refractivity (Wildman–Crippen MR) is 79.0 cm³/mol. The van der Waals surface area contributed by atoms with E-state index in [1.807, 2.05) is 0 Å². The van der Waals surface area contributed by atoms with Crippen molar-refractivity contribution in [1.82, 2.24) is 9.80 Å². The van der Waals surface area contributed by atoms with E-state index in [-0.39, 0.29) is 0 Å². The molecule has 0 aromatic heterocycles. The lowest BCUT2D eigenvalue weighted by molar-refractivity contribution is 0.166. The van der Waals surface area contributed by atoms with Crippen molar-refractivity contribution in [2.24, 2.45) is 0 Å². The molecule has 1 saturated heterocycles. The van der Waals surface area contributed by atoms with Gasteiger partial charge < -0.3 is 4.90 Å². The molecule has 102 valence electrons. The monoisotopic (exact) mass is 260 g/mol. The van der Waals surface area contributed by atoms with Gasteiger partial charge in [0.25, 0.3) is 0 Å². The molecule has 3 heteroatoms. The van der Waals surface area contributed by atoms with Gasteiger partial charge in [-0.25, -0.2) is 0 Å². The molecule has 0 aromatic rings. The minimum Gasteiger partial charge on any atom is -0.304 e. The summed E-state index contributed by atoms with van der Waals surface area (Å²) in [6.07, 6.45) is 8.08. The topological polar surface area (TPSA) is 6.48 Å². The Balaban J connectivity index is 0.000000366. The second-order valence-electron chi connectivity index (χ2n) is 4.57. The van der Waals surface area contributed by atoms with Gasteiger partial charge in [-0.05, 0) is 20.4 Å². The number of likely N-dealkylation sites (N-methyl/N-ethyl adjacent to an activating group) is 1. The molecule has 1 aliphatic heterocycles. The molecule has 1 aliphatic rings. The molecule has 2 nitrogen and oxygen atoms in total. The van der Waals surface area contributed by atoms with Crippen LogP contribution in [0.25, 0.3) is 0 Å². The van der Waals surface area contributed by atoms with Crippen LogP contribution in [-0.2, 0) is 0 Å². The van der Waals surface area contributed by atoms with Gasteiger partial charge in [0, 0.05) is 38.6 Å². The van der Waals surface area contributed by atoms with Crippen molar-refractivity contribution >= 4 is 11.6 Å². The standard InChI is InChI=1S/C9H18N2.C5H11Cl/c1-3-4-5-11-8-6-10(2)7-9-11;1-2-3-4-5-6/h3-4H,5-9H2,1-2H3;2-5H2,1H3/b4-3+;. The minimum absolute atomic E-state index is 0.827. The third-order valence-electron chi connectivity index (χ3n) is 2.93. The Bertz CT molecular complexity index is 171. The molecule has 0 saturated carbocycles. The fourth-order valence-corrected chi connectivity index (χ4v) is 1.82. The number of alkyl halides is 1.